The molecule has 1 aliphatic rings. The maximum Gasteiger partial charge on any atom is 0.255 e. The fraction of sp³-hybridized carbons (Fsp3) is 0.333. The van der Waals surface area contributed by atoms with E-state index in [0.717, 1.165) is 42.3 Å². The Morgan fingerprint density at radius 2 is 1.90 bits per heavy atom. The number of hydrogen-bond donors (Lipinski definition) is 3. The number of hydrogen-bond acceptors (Lipinski definition) is 4. The Kier molecular flexibility index (Phi) is 5.49. The van der Waals surface area contributed by atoms with Gasteiger partial charge >= 0.3 is 0 Å². The van der Waals surface area contributed by atoms with E-state index in [1.54, 1.807) is 6.20 Å². The summed E-state index contributed by atoms with van der Waals surface area (Å²) < 4.78 is 0. The largest absolute Gasteiger partial charge is 0.383 e. The van der Waals surface area contributed by atoms with E-state index in [9.17, 15) is 4.79 Å². The maximum absolute atomic E-state index is 12.9. The van der Waals surface area contributed by atoms with E-state index in [-0.39, 0.29) is 11.7 Å². The van der Waals surface area contributed by atoms with E-state index in [1.807, 2.05) is 6.07 Å². The first-order chi connectivity index (χ1) is 14.0. The highest BCUT2D eigenvalue weighted by Gasteiger charge is 2.19. The summed E-state index contributed by atoms with van der Waals surface area (Å²) >= 11 is 0. The first-order valence-corrected chi connectivity index (χ1v) is 10.3. The first kappa shape index (κ1) is 19.4. The lowest BCUT2D eigenvalue weighted by Crippen LogP contribution is -2.36. The summed E-state index contributed by atoms with van der Waals surface area (Å²) in [4.78, 5) is 17.2. The number of carbonyl (C=O) groups is 1. The number of carbonyl (C=O) groups excluding carboxylic acids is 1. The van der Waals surface area contributed by atoms with Gasteiger partial charge < -0.3 is 16.4 Å². The molecule has 1 aliphatic heterocycles. The van der Waals surface area contributed by atoms with Crippen LogP contribution in [-0.2, 0) is 0 Å². The smallest absolute Gasteiger partial charge is 0.255 e. The lowest BCUT2D eigenvalue weighted by Gasteiger charge is -2.23. The Morgan fingerprint density at radius 1 is 1.17 bits per heavy atom. The van der Waals surface area contributed by atoms with Crippen molar-refractivity contribution in [2.45, 2.75) is 26.7 Å². The minimum Gasteiger partial charge on any atom is -0.383 e. The van der Waals surface area contributed by atoms with Crippen molar-refractivity contribution < 1.29 is 4.79 Å². The summed E-state index contributed by atoms with van der Waals surface area (Å²) in [5, 5.41) is 8.20. The van der Waals surface area contributed by atoms with Gasteiger partial charge in [0.05, 0.1) is 5.56 Å². The minimum absolute atomic E-state index is 0.140. The zero-order chi connectivity index (χ0) is 20.4. The second kappa shape index (κ2) is 8.21. The molecular formula is C24H28N4O. The van der Waals surface area contributed by atoms with Crippen LogP contribution in [0.1, 0.15) is 34.3 Å². The number of aromatic nitrogens is 1. The van der Waals surface area contributed by atoms with Crippen LogP contribution in [0, 0.1) is 19.8 Å². The first-order valence-electron chi connectivity index (χ1n) is 10.3. The van der Waals surface area contributed by atoms with Crippen molar-refractivity contribution >= 4 is 22.5 Å². The third-order valence-electron chi connectivity index (χ3n) is 5.93. The molecule has 5 nitrogen and oxygen atoms in total. The van der Waals surface area contributed by atoms with Crippen LogP contribution in [0.15, 0.2) is 42.6 Å². The van der Waals surface area contributed by atoms with Gasteiger partial charge in [0.15, 0.2) is 0 Å². The zero-order valence-corrected chi connectivity index (χ0v) is 17.1. The van der Waals surface area contributed by atoms with Crippen LogP contribution in [0.3, 0.4) is 0 Å². The normalized spacial score (nSPS) is 14.8. The Hall–Kier alpha value is -2.92. The van der Waals surface area contributed by atoms with E-state index in [0.29, 0.717) is 18.0 Å². The van der Waals surface area contributed by atoms with Gasteiger partial charge in [-0.2, -0.15) is 0 Å². The molecule has 2 aromatic carbocycles. The Balaban J connectivity index is 1.66. The van der Waals surface area contributed by atoms with Gasteiger partial charge in [0, 0.05) is 18.1 Å². The monoisotopic (exact) mass is 388 g/mol. The van der Waals surface area contributed by atoms with Crippen molar-refractivity contribution in [2.75, 3.05) is 25.4 Å². The van der Waals surface area contributed by atoms with Crippen LogP contribution in [0.25, 0.3) is 21.9 Å². The highest BCUT2D eigenvalue weighted by Crippen LogP contribution is 2.31. The van der Waals surface area contributed by atoms with Crippen molar-refractivity contribution in [3.05, 3.63) is 59.3 Å². The van der Waals surface area contributed by atoms with Crippen LogP contribution in [0.5, 0.6) is 0 Å². The van der Waals surface area contributed by atoms with Gasteiger partial charge in [-0.15, -0.1) is 0 Å². The van der Waals surface area contributed by atoms with Crippen LogP contribution in [0.4, 0.5) is 5.82 Å². The molecule has 1 amide bonds. The molecule has 150 valence electrons. The van der Waals surface area contributed by atoms with Gasteiger partial charge in [-0.05, 0) is 79.4 Å². The molecule has 3 aromatic rings. The Bertz CT molecular complexity index is 1030. The molecule has 2 heterocycles. The second-order valence-electron chi connectivity index (χ2n) is 7.99. The molecule has 1 fully saturated rings. The number of amides is 1. The van der Waals surface area contributed by atoms with Crippen molar-refractivity contribution in [1.29, 1.82) is 0 Å². The van der Waals surface area contributed by atoms with Gasteiger partial charge in [-0.1, -0.05) is 30.3 Å². The minimum atomic E-state index is -0.140. The molecule has 0 spiro atoms. The molecule has 4 N–H and O–H groups in total. The van der Waals surface area contributed by atoms with Gasteiger partial charge in [0.1, 0.15) is 5.82 Å². The number of aryl methyl sites for hydroxylation is 2. The van der Waals surface area contributed by atoms with Crippen LogP contribution in [-0.4, -0.2) is 30.5 Å². The highest BCUT2D eigenvalue weighted by molar-refractivity contribution is 6.11. The molecule has 1 saturated heterocycles. The molecule has 0 saturated carbocycles. The van der Waals surface area contributed by atoms with Gasteiger partial charge in [0.25, 0.3) is 5.91 Å². The quantitative estimate of drug-likeness (QED) is 0.635. The third kappa shape index (κ3) is 3.96. The van der Waals surface area contributed by atoms with Crippen LogP contribution >= 0.6 is 0 Å². The summed E-state index contributed by atoms with van der Waals surface area (Å²) in [6, 6.07) is 12.5. The number of rotatable bonds is 4. The molecule has 4 rings (SSSR count). The fourth-order valence-corrected chi connectivity index (χ4v) is 4.31. The number of benzene rings is 2. The van der Waals surface area contributed by atoms with Crippen molar-refractivity contribution in [2.24, 2.45) is 5.92 Å². The average Bonchev–Trinajstić information content (AvgIpc) is 2.72. The van der Waals surface area contributed by atoms with E-state index in [4.69, 9.17) is 5.73 Å². The number of piperidine rings is 1. The second-order valence-corrected chi connectivity index (χ2v) is 7.99. The number of nitrogens with two attached hydrogens (primary N) is 1. The zero-order valence-electron chi connectivity index (χ0n) is 17.1. The molecule has 0 radical (unpaired) electrons. The van der Waals surface area contributed by atoms with Gasteiger partial charge in [0.2, 0.25) is 0 Å². The third-order valence-corrected chi connectivity index (χ3v) is 5.93. The maximum atomic E-state index is 12.9. The molecule has 5 heteroatoms. The van der Waals surface area contributed by atoms with Gasteiger partial charge in [-0.25, -0.2) is 4.98 Å². The molecule has 0 bridgehead atoms. The summed E-state index contributed by atoms with van der Waals surface area (Å²) in [5.41, 5.74) is 11.4. The number of pyridine rings is 1. The molecule has 0 unspecified atom stereocenters. The molecule has 1 aromatic heterocycles. The predicted octanol–water partition coefficient (Wildman–Crippen LogP) is 3.83. The van der Waals surface area contributed by atoms with E-state index >= 15 is 0 Å². The van der Waals surface area contributed by atoms with Gasteiger partial charge in [-0.3, -0.25) is 4.79 Å². The lowest BCUT2D eigenvalue weighted by atomic mass is 9.93. The van der Waals surface area contributed by atoms with E-state index in [1.165, 1.54) is 16.7 Å². The SMILES string of the molecule is Cc1cccc(C)c1-c1ccc2c(C(=O)NCC3CCNCC3)c(N)ncc2c1. The van der Waals surface area contributed by atoms with Crippen LogP contribution < -0.4 is 16.4 Å². The summed E-state index contributed by atoms with van der Waals surface area (Å²) in [5.74, 6) is 0.652. The molecular weight excluding hydrogens is 360 g/mol. The number of nitrogens with one attached hydrogen (secondary N) is 2. The van der Waals surface area contributed by atoms with Crippen LogP contribution in [0.2, 0.25) is 0 Å². The fourth-order valence-electron chi connectivity index (χ4n) is 4.31. The van der Waals surface area contributed by atoms with Crippen molar-refractivity contribution in [1.82, 2.24) is 15.6 Å². The average molecular weight is 389 g/mol. The highest BCUT2D eigenvalue weighted by atomic mass is 16.1. The van der Waals surface area contributed by atoms with Crippen molar-refractivity contribution in [3.63, 3.8) is 0 Å². The predicted molar refractivity (Wildman–Crippen MR) is 119 cm³/mol. The number of nitrogen functional groups attached to an aromatic ring is 1. The Labute approximate surface area is 171 Å². The molecule has 29 heavy (non-hydrogen) atoms. The molecule has 0 atom stereocenters. The number of anilines is 1. The summed E-state index contributed by atoms with van der Waals surface area (Å²) in [6.45, 7) is 6.94. The molecule has 0 aliphatic carbocycles. The summed E-state index contributed by atoms with van der Waals surface area (Å²) in [7, 11) is 0. The number of nitrogens with zero attached hydrogens (tertiary/aromatic N) is 1. The topological polar surface area (TPSA) is 80.0 Å². The summed E-state index contributed by atoms with van der Waals surface area (Å²) in [6.07, 6.45) is 3.93. The Morgan fingerprint density at radius 3 is 2.62 bits per heavy atom. The standard InChI is InChI=1S/C24H28N4O/c1-15-4-3-5-16(2)21(15)18-6-7-20-19(12-18)14-27-23(25)22(20)24(29)28-13-17-8-10-26-11-9-17/h3-7,12,14,17,26H,8-11,13H2,1-2H3,(H2,25,27)(H,28,29). The van der Waals surface area contributed by atoms with Crippen molar-refractivity contribution in [3.8, 4) is 11.1 Å². The van der Waals surface area contributed by atoms with E-state index in [2.05, 4.69) is 59.8 Å². The van der Waals surface area contributed by atoms with E-state index < -0.39 is 0 Å². The number of fused-ring (bicyclic) bond motifs is 1. The lowest BCUT2D eigenvalue weighted by molar-refractivity contribution is 0.0946.